The highest BCUT2D eigenvalue weighted by Gasteiger charge is 2.01. The van der Waals surface area contributed by atoms with Crippen molar-refractivity contribution >= 4 is 23.0 Å². The molecule has 1 aromatic carbocycles. The maximum Gasteiger partial charge on any atom is 0.0739 e. The molecule has 2 aromatic rings. The van der Waals surface area contributed by atoms with E-state index in [-0.39, 0.29) is 0 Å². The average molecular weight is 252 g/mol. The molecule has 0 unspecified atom stereocenters. The molecule has 6 heteroatoms. The predicted octanol–water partition coefficient (Wildman–Crippen LogP) is 2.02. The van der Waals surface area contributed by atoms with E-state index in [2.05, 4.69) is 15.6 Å². The number of benzene rings is 1. The van der Waals surface area contributed by atoms with Crippen LogP contribution in [0.15, 0.2) is 30.6 Å². The molecule has 0 aliphatic rings. The second-order valence-corrected chi connectivity index (χ2v) is 4.05. The van der Waals surface area contributed by atoms with Crippen molar-refractivity contribution < 1.29 is 0 Å². The number of hydrogen-bond acceptors (Lipinski definition) is 4. The molecule has 0 radical (unpaired) electrons. The summed E-state index contributed by atoms with van der Waals surface area (Å²) in [6, 6.07) is 5.56. The molecule has 1 aromatic heterocycles. The van der Waals surface area contributed by atoms with Gasteiger partial charge < -0.3 is 11.1 Å². The van der Waals surface area contributed by atoms with Gasteiger partial charge in [-0.25, -0.2) is 0 Å². The highest BCUT2D eigenvalue weighted by Crippen LogP contribution is 2.26. The van der Waals surface area contributed by atoms with E-state index >= 15 is 0 Å². The van der Waals surface area contributed by atoms with Gasteiger partial charge >= 0.3 is 0 Å². The van der Waals surface area contributed by atoms with Crippen LogP contribution in [0.4, 0.5) is 11.4 Å². The van der Waals surface area contributed by atoms with Crippen LogP contribution < -0.4 is 11.1 Å². The number of nitrogens with two attached hydrogens (primary N) is 1. The average Bonchev–Trinajstić information content (AvgIpc) is 2.83. The van der Waals surface area contributed by atoms with Crippen molar-refractivity contribution in [3.63, 3.8) is 0 Å². The Hall–Kier alpha value is -1.75. The van der Waals surface area contributed by atoms with Gasteiger partial charge in [-0.3, -0.25) is 4.68 Å². The number of halogens is 1. The summed E-state index contributed by atoms with van der Waals surface area (Å²) in [4.78, 5) is 0. The predicted molar refractivity (Wildman–Crippen MR) is 69.0 cm³/mol. The highest BCUT2D eigenvalue weighted by atomic mass is 35.5. The highest BCUT2D eigenvalue weighted by molar-refractivity contribution is 6.33. The molecule has 0 amide bonds. The number of aryl methyl sites for hydroxylation is 1. The van der Waals surface area contributed by atoms with Crippen molar-refractivity contribution in [1.82, 2.24) is 15.0 Å². The Kier molecular flexibility index (Phi) is 3.82. The zero-order valence-corrected chi connectivity index (χ0v) is 10.1. The maximum absolute atomic E-state index is 5.92. The van der Waals surface area contributed by atoms with E-state index < -0.39 is 0 Å². The molecular formula is C11H14ClN5. The monoisotopic (exact) mass is 251 g/mol. The smallest absolute Gasteiger partial charge is 0.0739 e. The molecule has 1 heterocycles. The Labute approximate surface area is 105 Å². The summed E-state index contributed by atoms with van der Waals surface area (Å²) in [5.41, 5.74) is 7.30. The zero-order chi connectivity index (χ0) is 12.1. The van der Waals surface area contributed by atoms with Gasteiger partial charge in [0.15, 0.2) is 0 Å². The van der Waals surface area contributed by atoms with Gasteiger partial charge in [0.2, 0.25) is 0 Å². The van der Waals surface area contributed by atoms with Crippen molar-refractivity contribution in [2.75, 3.05) is 17.6 Å². The lowest BCUT2D eigenvalue weighted by Crippen LogP contribution is -2.08. The Morgan fingerprint density at radius 1 is 1.41 bits per heavy atom. The third kappa shape index (κ3) is 3.10. The van der Waals surface area contributed by atoms with Gasteiger partial charge in [0.1, 0.15) is 0 Å². The van der Waals surface area contributed by atoms with Crippen molar-refractivity contribution in [1.29, 1.82) is 0 Å². The molecule has 90 valence electrons. The van der Waals surface area contributed by atoms with Gasteiger partial charge in [-0.05, 0) is 18.6 Å². The van der Waals surface area contributed by atoms with Crippen molar-refractivity contribution in [3.8, 4) is 0 Å². The molecule has 2 rings (SSSR count). The maximum atomic E-state index is 5.92. The molecular weight excluding hydrogens is 238 g/mol. The summed E-state index contributed by atoms with van der Waals surface area (Å²) in [5.74, 6) is 0. The van der Waals surface area contributed by atoms with Crippen LogP contribution in [0.1, 0.15) is 6.42 Å². The fourth-order valence-corrected chi connectivity index (χ4v) is 1.68. The normalized spacial score (nSPS) is 10.4. The number of nitrogen functional groups attached to an aromatic ring is 1. The van der Waals surface area contributed by atoms with E-state index in [1.807, 2.05) is 18.3 Å². The topological polar surface area (TPSA) is 68.8 Å². The second kappa shape index (κ2) is 5.54. The first kappa shape index (κ1) is 11.7. The third-order valence-electron chi connectivity index (χ3n) is 2.40. The van der Waals surface area contributed by atoms with Crippen molar-refractivity contribution in [2.24, 2.45) is 0 Å². The van der Waals surface area contributed by atoms with Gasteiger partial charge in [-0.2, -0.15) is 0 Å². The van der Waals surface area contributed by atoms with Gasteiger partial charge in [0.25, 0.3) is 0 Å². The molecule has 5 nitrogen and oxygen atoms in total. The van der Waals surface area contributed by atoms with E-state index in [1.165, 1.54) is 0 Å². The van der Waals surface area contributed by atoms with E-state index in [4.69, 9.17) is 17.3 Å². The first-order valence-electron chi connectivity index (χ1n) is 5.39. The molecule has 0 bridgehead atoms. The first-order chi connectivity index (χ1) is 8.27. The van der Waals surface area contributed by atoms with Gasteiger partial charge in [-0.1, -0.05) is 22.9 Å². The minimum atomic E-state index is 0.575. The molecule has 0 saturated heterocycles. The fourth-order valence-electron chi connectivity index (χ4n) is 1.51. The van der Waals surface area contributed by atoms with Crippen LogP contribution in [0, 0.1) is 0 Å². The largest absolute Gasteiger partial charge is 0.396 e. The SMILES string of the molecule is Nc1c(Cl)cccc1NCCCn1ccnn1. The lowest BCUT2D eigenvalue weighted by molar-refractivity contribution is 0.570. The van der Waals surface area contributed by atoms with Crippen LogP contribution in [0.2, 0.25) is 5.02 Å². The van der Waals surface area contributed by atoms with E-state index in [9.17, 15) is 0 Å². The van der Waals surface area contributed by atoms with Crippen LogP contribution in [-0.2, 0) is 6.54 Å². The van der Waals surface area contributed by atoms with Crippen LogP contribution in [0.3, 0.4) is 0 Å². The second-order valence-electron chi connectivity index (χ2n) is 3.65. The summed E-state index contributed by atoms with van der Waals surface area (Å²) in [7, 11) is 0. The molecule has 0 saturated carbocycles. The van der Waals surface area contributed by atoms with Crippen molar-refractivity contribution in [2.45, 2.75) is 13.0 Å². The number of hydrogen-bond donors (Lipinski definition) is 2. The number of anilines is 2. The summed E-state index contributed by atoms with van der Waals surface area (Å²) in [6.45, 7) is 1.64. The first-order valence-corrected chi connectivity index (χ1v) is 5.77. The molecule has 0 aliphatic carbocycles. The number of rotatable bonds is 5. The number of aromatic nitrogens is 3. The Bertz CT molecular complexity index is 469. The molecule has 0 atom stereocenters. The third-order valence-corrected chi connectivity index (χ3v) is 2.73. The summed E-state index contributed by atoms with van der Waals surface area (Å²) >= 11 is 5.92. The van der Waals surface area contributed by atoms with Gasteiger partial charge in [0, 0.05) is 19.3 Å². The lowest BCUT2D eigenvalue weighted by atomic mass is 10.2. The minimum absolute atomic E-state index is 0.575. The van der Waals surface area contributed by atoms with Crippen LogP contribution in [-0.4, -0.2) is 21.5 Å². The summed E-state index contributed by atoms with van der Waals surface area (Å²) in [5, 5.41) is 11.4. The fraction of sp³-hybridized carbons (Fsp3) is 0.273. The van der Waals surface area contributed by atoms with Gasteiger partial charge in [0.05, 0.1) is 22.6 Å². The zero-order valence-electron chi connectivity index (χ0n) is 9.31. The molecule has 0 fully saturated rings. The number of nitrogens with one attached hydrogen (secondary N) is 1. The van der Waals surface area contributed by atoms with E-state index in [0.717, 1.165) is 25.2 Å². The Balaban J connectivity index is 1.80. The van der Waals surface area contributed by atoms with E-state index in [1.54, 1.807) is 16.9 Å². The van der Waals surface area contributed by atoms with Gasteiger partial charge in [-0.15, -0.1) is 5.10 Å². The van der Waals surface area contributed by atoms with Crippen LogP contribution in [0.25, 0.3) is 0 Å². The lowest BCUT2D eigenvalue weighted by Gasteiger charge is -2.09. The Morgan fingerprint density at radius 2 is 2.29 bits per heavy atom. The quantitative estimate of drug-likeness (QED) is 0.630. The number of para-hydroxylation sites is 1. The standard InChI is InChI=1S/C11H14ClN5/c12-9-3-1-4-10(11(9)13)14-5-2-7-17-8-6-15-16-17/h1,3-4,6,8,14H,2,5,7,13H2. The van der Waals surface area contributed by atoms with Crippen LogP contribution in [0.5, 0.6) is 0 Å². The molecule has 3 N–H and O–H groups in total. The molecule has 0 aliphatic heterocycles. The minimum Gasteiger partial charge on any atom is -0.396 e. The summed E-state index contributed by atoms with van der Waals surface area (Å²) < 4.78 is 1.79. The molecule has 17 heavy (non-hydrogen) atoms. The Morgan fingerprint density at radius 3 is 3.06 bits per heavy atom. The van der Waals surface area contributed by atoms with E-state index in [0.29, 0.717) is 10.7 Å². The van der Waals surface area contributed by atoms with Crippen molar-refractivity contribution in [3.05, 3.63) is 35.6 Å². The van der Waals surface area contributed by atoms with Crippen LogP contribution >= 0.6 is 11.6 Å². The molecule has 0 spiro atoms. The number of nitrogens with zero attached hydrogens (tertiary/aromatic N) is 3. The summed E-state index contributed by atoms with van der Waals surface area (Å²) in [6.07, 6.45) is 4.45.